The second-order valence-corrected chi connectivity index (χ2v) is 10.5. The van der Waals surface area contributed by atoms with Gasteiger partial charge in [-0.3, -0.25) is 19.2 Å². The number of para-hydroxylation sites is 1. The Bertz CT molecular complexity index is 1230. The van der Waals surface area contributed by atoms with Crippen molar-refractivity contribution < 1.29 is 17.2 Å². The van der Waals surface area contributed by atoms with Crippen molar-refractivity contribution in [3.8, 4) is 0 Å². The van der Waals surface area contributed by atoms with E-state index >= 15 is 0 Å². The molecular weight excluding hydrogens is 446 g/mol. The minimum atomic E-state index is -3.88. The molecule has 0 amide bonds. The fourth-order valence-electron chi connectivity index (χ4n) is 4.92. The number of sulfonamides is 1. The summed E-state index contributed by atoms with van der Waals surface area (Å²) in [4.78, 5) is 10.8. The van der Waals surface area contributed by atoms with Crippen molar-refractivity contribution in [1.29, 1.82) is 0 Å². The van der Waals surface area contributed by atoms with Crippen molar-refractivity contribution in [2.24, 2.45) is 0 Å². The normalized spacial score (nSPS) is 18.1. The van der Waals surface area contributed by atoms with E-state index in [1.807, 2.05) is 24.3 Å². The predicted octanol–water partition coefficient (Wildman–Crippen LogP) is 4.16. The summed E-state index contributed by atoms with van der Waals surface area (Å²) in [6.45, 7) is 2.71. The van der Waals surface area contributed by atoms with Gasteiger partial charge in [-0.15, -0.1) is 0 Å². The number of likely N-dealkylation sites (tertiary alicyclic amines) is 1. The number of nitrogens with zero attached hydrogens (tertiary/aromatic N) is 4. The highest BCUT2D eigenvalue weighted by atomic mass is 32.2. The van der Waals surface area contributed by atoms with E-state index in [0.717, 1.165) is 37.2 Å². The molecule has 5 rings (SSSR count). The molecule has 2 aliphatic rings. The third-order valence-electron chi connectivity index (χ3n) is 6.73. The molecule has 1 spiro atoms. The molecule has 2 aliphatic heterocycles. The maximum Gasteiger partial charge on any atom is 0.264 e. The van der Waals surface area contributed by atoms with Gasteiger partial charge in [0.15, 0.2) is 0 Å². The van der Waals surface area contributed by atoms with Gasteiger partial charge in [0.2, 0.25) is 0 Å². The lowest BCUT2D eigenvalue weighted by Gasteiger charge is -2.39. The van der Waals surface area contributed by atoms with Gasteiger partial charge in [-0.05, 0) is 49.7 Å². The Morgan fingerprint density at radius 2 is 1.73 bits per heavy atom. The standard InChI is InChI=1S/C24H24F2N4O2S/c25-23(26)18-5-7-20(8-6-18)33(31,32)30-17-24(21-3-1-2-4-22(21)30)9-13-29(14-10-24)16-19-15-27-11-12-28-19/h1-8,11-12,15,23H,9-10,13-14,16-17H2. The SMILES string of the molecule is O=S(=O)(c1ccc(C(F)F)cc1)N1CC2(CCN(Cc3cnccn3)CC2)c2ccccc21. The van der Waals surface area contributed by atoms with Crippen LogP contribution in [0.3, 0.4) is 0 Å². The molecule has 1 aromatic heterocycles. The first kappa shape index (κ1) is 21.9. The van der Waals surface area contributed by atoms with E-state index < -0.39 is 16.4 Å². The number of halogens is 2. The molecule has 0 saturated carbocycles. The summed E-state index contributed by atoms with van der Waals surface area (Å²) in [6, 6.07) is 12.5. The zero-order valence-corrected chi connectivity index (χ0v) is 18.8. The van der Waals surface area contributed by atoms with E-state index in [-0.39, 0.29) is 15.9 Å². The lowest BCUT2D eigenvalue weighted by molar-refractivity contribution is 0.151. The number of rotatable bonds is 5. The average Bonchev–Trinajstić information content (AvgIpc) is 3.16. The Balaban J connectivity index is 1.40. The zero-order valence-electron chi connectivity index (χ0n) is 17.9. The topological polar surface area (TPSA) is 66.4 Å². The Morgan fingerprint density at radius 3 is 2.39 bits per heavy atom. The van der Waals surface area contributed by atoms with Crippen LogP contribution in [0.5, 0.6) is 0 Å². The van der Waals surface area contributed by atoms with Crippen LogP contribution >= 0.6 is 0 Å². The zero-order chi connectivity index (χ0) is 23.1. The van der Waals surface area contributed by atoms with Crippen molar-refractivity contribution >= 4 is 15.7 Å². The molecule has 0 unspecified atom stereocenters. The fraction of sp³-hybridized carbons (Fsp3) is 0.333. The Labute approximate surface area is 192 Å². The average molecular weight is 471 g/mol. The molecule has 33 heavy (non-hydrogen) atoms. The van der Waals surface area contributed by atoms with Gasteiger partial charge in [0.1, 0.15) is 0 Å². The van der Waals surface area contributed by atoms with Gasteiger partial charge in [-0.2, -0.15) is 0 Å². The molecule has 0 bridgehead atoms. The first-order valence-corrected chi connectivity index (χ1v) is 12.3. The smallest absolute Gasteiger partial charge is 0.264 e. The molecule has 1 fully saturated rings. The summed E-state index contributed by atoms with van der Waals surface area (Å²) in [7, 11) is -3.88. The van der Waals surface area contributed by atoms with Crippen LogP contribution in [-0.2, 0) is 22.0 Å². The van der Waals surface area contributed by atoms with Crippen molar-refractivity contribution in [2.75, 3.05) is 23.9 Å². The third-order valence-corrected chi connectivity index (χ3v) is 8.50. The number of hydrogen-bond acceptors (Lipinski definition) is 5. The second kappa shape index (κ2) is 8.46. The number of anilines is 1. The largest absolute Gasteiger partial charge is 0.297 e. The van der Waals surface area contributed by atoms with Gasteiger partial charge in [-0.25, -0.2) is 17.2 Å². The van der Waals surface area contributed by atoms with Gasteiger partial charge < -0.3 is 0 Å². The number of piperidine rings is 1. The van der Waals surface area contributed by atoms with Crippen LogP contribution in [0.15, 0.2) is 72.0 Å². The highest BCUT2D eigenvalue weighted by molar-refractivity contribution is 7.92. The van der Waals surface area contributed by atoms with Crippen molar-refractivity contribution in [3.05, 3.63) is 83.9 Å². The third kappa shape index (κ3) is 4.00. The first-order chi connectivity index (χ1) is 15.9. The molecule has 0 N–H and O–H groups in total. The van der Waals surface area contributed by atoms with Gasteiger partial charge in [-0.1, -0.05) is 30.3 Å². The number of hydrogen-bond donors (Lipinski definition) is 0. The van der Waals surface area contributed by atoms with Gasteiger partial charge in [0.25, 0.3) is 16.4 Å². The minimum absolute atomic E-state index is 0.0267. The van der Waals surface area contributed by atoms with Crippen LogP contribution in [0.25, 0.3) is 0 Å². The quantitative estimate of drug-likeness (QED) is 0.560. The molecule has 3 heterocycles. The van der Waals surface area contributed by atoms with E-state index in [0.29, 0.717) is 18.8 Å². The number of alkyl halides is 2. The number of fused-ring (bicyclic) bond motifs is 2. The Kier molecular flexibility index (Phi) is 5.62. The summed E-state index contributed by atoms with van der Waals surface area (Å²) >= 11 is 0. The lowest BCUT2D eigenvalue weighted by atomic mass is 9.74. The van der Waals surface area contributed by atoms with Crippen LogP contribution < -0.4 is 4.31 Å². The maximum absolute atomic E-state index is 13.5. The van der Waals surface area contributed by atoms with Crippen LogP contribution in [0.4, 0.5) is 14.5 Å². The summed E-state index contributed by atoms with van der Waals surface area (Å²) in [6.07, 6.45) is 4.11. The van der Waals surface area contributed by atoms with E-state index in [9.17, 15) is 17.2 Å². The van der Waals surface area contributed by atoms with Gasteiger partial charge >= 0.3 is 0 Å². The molecule has 0 aliphatic carbocycles. The van der Waals surface area contributed by atoms with Crippen LogP contribution in [0.2, 0.25) is 0 Å². The lowest BCUT2D eigenvalue weighted by Crippen LogP contribution is -2.45. The van der Waals surface area contributed by atoms with Crippen molar-refractivity contribution in [2.45, 2.75) is 36.1 Å². The predicted molar refractivity (Wildman–Crippen MR) is 121 cm³/mol. The van der Waals surface area contributed by atoms with Crippen molar-refractivity contribution in [1.82, 2.24) is 14.9 Å². The molecular formula is C24H24F2N4O2S. The first-order valence-electron chi connectivity index (χ1n) is 10.9. The van der Waals surface area contributed by atoms with Crippen LogP contribution in [-0.4, -0.2) is 42.9 Å². The molecule has 6 nitrogen and oxygen atoms in total. The summed E-state index contributed by atoms with van der Waals surface area (Å²) in [5.41, 5.74) is 2.17. The molecule has 9 heteroatoms. The molecule has 172 valence electrons. The summed E-state index contributed by atoms with van der Waals surface area (Å²) in [5.74, 6) is 0. The van der Waals surface area contributed by atoms with Crippen LogP contribution in [0.1, 0.15) is 36.1 Å². The van der Waals surface area contributed by atoms with Gasteiger partial charge in [0.05, 0.1) is 16.3 Å². The Morgan fingerprint density at radius 1 is 1.00 bits per heavy atom. The molecule has 3 aromatic rings. The summed E-state index contributed by atoms with van der Waals surface area (Å²) in [5, 5.41) is 0. The number of aromatic nitrogens is 2. The molecule has 0 atom stereocenters. The van der Waals surface area contributed by atoms with Crippen LogP contribution in [0, 0.1) is 0 Å². The molecule has 1 saturated heterocycles. The fourth-order valence-corrected chi connectivity index (χ4v) is 6.49. The Hall–Kier alpha value is -2.91. The van der Waals surface area contributed by atoms with Gasteiger partial charge in [0, 0.05) is 42.7 Å². The van der Waals surface area contributed by atoms with E-state index in [4.69, 9.17) is 0 Å². The second-order valence-electron chi connectivity index (χ2n) is 8.65. The highest BCUT2D eigenvalue weighted by Crippen LogP contribution is 2.48. The highest BCUT2D eigenvalue weighted by Gasteiger charge is 2.48. The van der Waals surface area contributed by atoms with E-state index in [1.54, 1.807) is 18.6 Å². The van der Waals surface area contributed by atoms with E-state index in [2.05, 4.69) is 14.9 Å². The number of benzene rings is 2. The van der Waals surface area contributed by atoms with Crippen molar-refractivity contribution in [3.63, 3.8) is 0 Å². The molecule has 0 radical (unpaired) electrons. The minimum Gasteiger partial charge on any atom is -0.297 e. The summed E-state index contributed by atoms with van der Waals surface area (Å²) < 4.78 is 54.4. The maximum atomic E-state index is 13.5. The molecule has 2 aromatic carbocycles. The monoisotopic (exact) mass is 470 g/mol. The van der Waals surface area contributed by atoms with E-state index in [1.165, 1.54) is 28.6 Å².